The highest BCUT2D eigenvalue weighted by Crippen LogP contribution is 2.14. The summed E-state index contributed by atoms with van der Waals surface area (Å²) in [5, 5.41) is 3.28. The summed E-state index contributed by atoms with van der Waals surface area (Å²) in [4.78, 5) is 14.0. The lowest BCUT2D eigenvalue weighted by atomic mass is 10.1. The van der Waals surface area contributed by atoms with E-state index in [1.165, 1.54) is 0 Å². The topological polar surface area (TPSA) is 50.8 Å². The number of likely N-dealkylation sites (tertiary alicyclic amines) is 1. The molecule has 5 heteroatoms. The van der Waals surface area contributed by atoms with E-state index in [0.29, 0.717) is 25.7 Å². The number of carbonyl (C=O) groups is 1. The Morgan fingerprint density at radius 2 is 2.00 bits per heavy atom. The first-order valence-electron chi connectivity index (χ1n) is 7.84. The van der Waals surface area contributed by atoms with Gasteiger partial charge < -0.3 is 19.7 Å². The van der Waals surface area contributed by atoms with Crippen LogP contribution in [-0.4, -0.2) is 62.4 Å². The van der Waals surface area contributed by atoms with E-state index in [4.69, 9.17) is 9.47 Å². The second kappa shape index (κ2) is 10.1. The minimum absolute atomic E-state index is 0.255. The Hall–Kier alpha value is -0.650. The molecule has 0 aromatic carbocycles. The van der Waals surface area contributed by atoms with Crippen molar-refractivity contribution < 1.29 is 14.3 Å². The van der Waals surface area contributed by atoms with Crippen LogP contribution in [0.25, 0.3) is 0 Å². The van der Waals surface area contributed by atoms with Crippen LogP contribution in [0.2, 0.25) is 0 Å². The molecule has 118 valence electrons. The van der Waals surface area contributed by atoms with Crippen molar-refractivity contribution in [2.45, 2.75) is 52.2 Å². The van der Waals surface area contributed by atoms with Gasteiger partial charge in [-0.2, -0.15) is 0 Å². The van der Waals surface area contributed by atoms with E-state index < -0.39 is 0 Å². The minimum Gasteiger partial charge on any atom is -0.379 e. The van der Waals surface area contributed by atoms with E-state index >= 15 is 0 Å². The van der Waals surface area contributed by atoms with Crippen molar-refractivity contribution >= 4 is 5.91 Å². The fourth-order valence-electron chi connectivity index (χ4n) is 2.32. The molecule has 1 aliphatic heterocycles. The molecule has 1 heterocycles. The maximum absolute atomic E-state index is 12.0. The van der Waals surface area contributed by atoms with Crippen LogP contribution >= 0.6 is 0 Å². The summed E-state index contributed by atoms with van der Waals surface area (Å²) in [5.41, 5.74) is 0. The smallest absolute Gasteiger partial charge is 0.223 e. The summed E-state index contributed by atoms with van der Waals surface area (Å²) in [7, 11) is 0. The van der Waals surface area contributed by atoms with Gasteiger partial charge in [-0.3, -0.25) is 4.79 Å². The molecule has 1 amide bonds. The highest BCUT2D eigenvalue weighted by Gasteiger charge is 2.22. The third-order valence-electron chi connectivity index (χ3n) is 3.47. The number of piperidine rings is 1. The molecule has 0 saturated carbocycles. The maximum atomic E-state index is 12.0. The summed E-state index contributed by atoms with van der Waals surface area (Å²) < 4.78 is 11.0. The summed E-state index contributed by atoms with van der Waals surface area (Å²) in [6.45, 7) is 10.6. The van der Waals surface area contributed by atoms with Crippen molar-refractivity contribution in [3.05, 3.63) is 0 Å². The van der Waals surface area contributed by atoms with Crippen molar-refractivity contribution in [1.29, 1.82) is 0 Å². The molecule has 0 unspecified atom stereocenters. The molecule has 1 rings (SSSR count). The number of hydrogen-bond acceptors (Lipinski definition) is 4. The minimum atomic E-state index is 0.255. The zero-order valence-electron chi connectivity index (χ0n) is 13.2. The quantitative estimate of drug-likeness (QED) is 0.651. The molecule has 0 atom stereocenters. The summed E-state index contributed by atoms with van der Waals surface area (Å²) in [5.74, 6) is 0.255. The number of hydrogen-bond donors (Lipinski definition) is 1. The lowest BCUT2D eigenvalue weighted by Gasteiger charge is -2.32. The van der Waals surface area contributed by atoms with E-state index in [2.05, 4.69) is 19.2 Å². The fraction of sp³-hybridized carbons (Fsp3) is 0.933. The molecule has 0 aliphatic carbocycles. The highest BCUT2D eigenvalue weighted by molar-refractivity contribution is 5.76. The molecular weight excluding hydrogens is 256 g/mol. The van der Waals surface area contributed by atoms with Gasteiger partial charge in [0.1, 0.15) is 0 Å². The first kappa shape index (κ1) is 17.4. The van der Waals surface area contributed by atoms with E-state index in [9.17, 15) is 4.79 Å². The largest absolute Gasteiger partial charge is 0.379 e. The van der Waals surface area contributed by atoms with Crippen molar-refractivity contribution in [1.82, 2.24) is 10.2 Å². The third kappa shape index (κ3) is 7.22. The van der Waals surface area contributed by atoms with Gasteiger partial charge in [0.2, 0.25) is 5.91 Å². The Morgan fingerprint density at radius 1 is 1.30 bits per heavy atom. The van der Waals surface area contributed by atoms with Crippen molar-refractivity contribution in [3.8, 4) is 0 Å². The maximum Gasteiger partial charge on any atom is 0.223 e. The van der Waals surface area contributed by atoms with Gasteiger partial charge in [-0.05, 0) is 19.8 Å². The number of amides is 1. The first-order valence-corrected chi connectivity index (χ1v) is 7.84. The highest BCUT2D eigenvalue weighted by atomic mass is 16.5. The number of nitrogens with zero attached hydrogens (tertiary/aromatic N) is 1. The molecule has 1 saturated heterocycles. The molecule has 0 radical (unpaired) electrons. The molecule has 5 nitrogen and oxygen atoms in total. The van der Waals surface area contributed by atoms with E-state index in [-0.39, 0.29) is 12.0 Å². The lowest BCUT2D eigenvalue weighted by Crippen LogP contribution is -2.42. The van der Waals surface area contributed by atoms with Crippen LogP contribution in [0.4, 0.5) is 0 Å². The van der Waals surface area contributed by atoms with Crippen LogP contribution < -0.4 is 5.32 Å². The number of nitrogens with one attached hydrogen (secondary N) is 1. The Kier molecular flexibility index (Phi) is 8.82. The monoisotopic (exact) mass is 286 g/mol. The van der Waals surface area contributed by atoms with Gasteiger partial charge in [-0.25, -0.2) is 0 Å². The van der Waals surface area contributed by atoms with E-state index in [1.807, 2.05) is 11.8 Å². The predicted octanol–water partition coefficient (Wildman–Crippen LogP) is 1.42. The second-order valence-corrected chi connectivity index (χ2v) is 5.51. The van der Waals surface area contributed by atoms with Gasteiger partial charge in [-0.1, -0.05) is 13.8 Å². The molecule has 0 aromatic heterocycles. The van der Waals surface area contributed by atoms with Gasteiger partial charge >= 0.3 is 0 Å². The lowest BCUT2D eigenvalue weighted by molar-refractivity contribution is -0.134. The molecule has 0 bridgehead atoms. The first-order chi connectivity index (χ1) is 9.63. The van der Waals surface area contributed by atoms with Crippen LogP contribution in [0.5, 0.6) is 0 Å². The number of rotatable bonds is 9. The van der Waals surface area contributed by atoms with Crippen LogP contribution in [0.15, 0.2) is 0 Å². The van der Waals surface area contributed by atoms with Gasteiger partial charge in [0.05, 0.1) is 19.3 Å². The molecule has 1 fully saturated rings. The molecule has 20 heavy (non-hydrogen) atoms. The average molecular weight is 286 g/mol. The Morgan fingerprint density at radius 3 is 2.60 bits per heavy atom. The summed E-state index contributed by atoms with van der Waals surface area (Å²) >= 11 is 0. The summed E-state index contributed by atoms with van der Waals surface area (Å²) in [6.07, 6.45) is 2.76. The second-order valence-electron chi connectivity index (χ2n) is 5.51. The number of ether oxygens (including phenoxy) is 2. The van der Waals surface area contributed by atoms with Gasteiger partial charge in [0.15, 0.2) is 0 Å². The fourth-order valence-corrected chi connectivity index (χ4v) is 2.32. The van der Waals surface area contributed by atoms with Crippen LogP contribution in [-0.2, 0) is 14.3 Å². The molecule has 1 aliphatic rings. The number of carbonyl (C=O) groups excluding carboxylic acids is 1. The molecule has 1 N–H and O–H groups in total. The van der Waals surface area contributed by atoms with Gasteiger partial charge in [0.25, 0.3) is 0 Å². The zero-order valence-corrected chi connectivity index (χ0v) is 13.2. The standard InChI is InChI=1S/C15H30N2O3/c1-4-19-11-12-20-14-6-9-17(10-7-14)15(18)5-8-16-13(2)3/h13-14,16H,4-12H2,1-3H3. The molecule has 0 spiro atoms. The zero-order chi connectivity index (χ0) is 14.8. The SMILES string of the molecule is CCOCCOC1CCN(C(=O)CCNC(C)C)CC1. The normalized spacial score (nSPS) is 16.9. The Bertz CT molecular complexity index is 264. The molecular formula is C15H30N2O3. The van der Waals surface area contributed by atoms with Crippen molar-refractivity contribution in [2.24, 2.45) is 0 Å². The van der Waals surface area contributed by atoms with E-state index in [1.54, 1.807) is 0 Å². The Balaban J connectivity index is 2.10. The van der Waals surface area contributed by atoms with Crippen LogP contribution in [0.3, 0.4) is 0 Å². The van der Waals surface area contributed by atoms with Gasteiger partial charge in [-0.15, -0.1) is 0 Å². The van der Waals surface area contributed by atoms with Crippen molar-refractivity contribution in [3.63, 3.8) is 0 Å². The predicted molar refractivity (Wildman–Crippen MR) is 79.8 cm³/mol. The third-order valence-corrected chi connectivity index (χ3v) is 3.47. The summed E-state index contributed by atoms with van der Waals surface area (Å²) in [6, 6.07) is 0.437. The van der Waals surface area contributed by atoms with Crippen LogP contribution in [0.1, 0.15) is 40.0 Å². The average Bonchev–Trinajstić information content (AvgIpc) is 2.44. The van der Waals surface area contributed by atoms with E-state index in [0.717, 1.165) is 39.1 Å². The van der Waals surface area contributed by atoms with Crippen LogP contribution in [0, 0.1) is 0 Å². The van der Waals surface area contributed by atoms with Crippen molar-refractivity contribution in [2.75, 3.05) is 39.5 Å². The van der Waals surface area contributed by atoms with Gasteiger partial charge in [0, 0.05) is 38.7 Å². The Labute approximate surface area is 123 Å². The molecule has 0 aromatic rings.